The highest BCUT2D eigenvalue weighted by atomic mass is 35.5. The van der Waals surface area contributed by atoms with Crippen molar-refractivity contribution in [2.24, 2.45) is 11.8 Å². The van der Waals surface area contributed by atoms with Gasteiger partial charge in [0.15, 0.2) is 5.92 Å². The van der Waals surface area contributed by atoms with Crippen LogP contribution in [0.3, 0.4) is 0 Å². The molecule has 2 saturated heterocycles. The second-order valence-corrected chi connectivity index (χ2v) is 11.8. The lowest BCUT2D eigenvalue weighted by molar-refractivity contribution is -0.173. The second kappa shape index (κ2) is 13.1. The van der Waals surface area contributed by atoms with Gasteiger partial charge in [-0.25, -0.2) is 4.98 Å². The average molecular weight is 616 g/mol. The minimum absolute atomic E-state index is 0.0847. The quantitative estimate of drug-likeness (QED) is 0.343. The molecule has 2 fully saturated rings. The Kier molecular flexibility index (Phi) is 9.95. The predicted molar refractivity (Wildman–Crippen MR) is 153 cm³/mol. The Morgan fingerprint density at radius 2 is 1.63 bits per heavy atom. The molecule has 0 unspecified atom stereocenters. The molecule has 0 N–H and O–H groups in total. The Hall–Kier alpha value is -2.72. The number of aromatic nitrogens is 1. The number of amides is 2. The first kappa shape index (κ1) is 31.2. The lowest BCUT2D eigenvalue weighted by Gasteiger charge is -2.38. The molecule has 224 valence electrons. The maximum absolute atomic E-state index is 14.1. The van der Waals surface area contributed by atoms with Crippen LogP contribution < -0.4 is 9.64 Å². The number of benzene rings is 1. The van der Waals surface area contributed by atoms with Gasteiger partial charge in [0.1, 0.15) is 16.7 Å². The van der Waals surface area contributed by atoms with Crippen LogP contribution in [0.4, 0.5) is 19.0 Å². The molecule has 7 nitrogen and oxygen atoms in total. The van der Waals surface area contributed by atoms with Crippen molar-refractivity contribution in [1.29, 1.82) is 0 Å². The van der Waals surface area contributed by atoms with Crippen molar-refractivity contribution < 1.29 is 27.5 Å². The van der Waals surface area contributed by atoms with Gasteiger partial charge >= 0.3 is 6.18 Å². The molecule has 1 atom stereocenters. The largest absolute Gasteiger partial charge is 0.497 e. The number of rotatable bonds is 7. The third-order valence-electron chi connectivity index (χ3n) is 8.04. The first-order chi connectivity index (χ1) is 19.4. The average Bonchev–Trinajstić information content (AvgIpc) is 2.92. The summed E-state index contributed by atoms with van der Waals surface area (Å²) in [5.41, 5.74) is 0.157. The van der Waals surface area contributed by atoms with Crippen molar-refractivity contribution in [2.45, 2.75) is 44.2 Å². The highest BCUT2D eigenvalue weighted by molar-refractivity contribution is 6.32. The molecule has 2 aliphatic heterocycles. The fourth-order valence-electron chi connectivity index (χ4n) is 5.78. The summed E-state index contributed by atoms with van der Waals surface area (Å²) < 4.78 is 47.3. The van der Waals surface area contributed by atoms with Crippen LogP contribution in [0.2, 0.25) is 10.2 Å². The van der Waals surface area contributed by atoms with Crippen LogP contribution in [-0.2, 0) is 4.79 Å². The summed E-state index contributed by atoms with van der Waals surface area (Å²) in [7, 11) is 4.67. The van der Waals surface area contributed by atoms with E-state index in [4.69, 9.17) is 27.9 Å². The molecular weight excluding hydrogens is 580 g/mol. The molecular formula is C29H35Cl2F3N4O3. The van der Waals surface area contributed by atoms with E-state index in [2.05, 4.69) is 9.88 Å². The number of piperidine rings is 2. The van der Waals surface area contributed by atoms with E-state index in [0.29, 0.717) is 43.3 Å². The normalized spacial score (nSPS) is 17.9. The number of methoxy groups -OCH3 is 1. The van der Waals surface area contributed by atoms with Gasteiger partial charge in [-0.1, -0.05) is 23.2 Å². The van der Waals surface area contributed by atoms with Crippen molar-refractivity contribution in [2.75, 3.05) is 52.3 Å². The Morgan fingerprint density at radius 3 is 2.17 bits per heavy atom. The van der Waals surface area contributed by atoms with E-state index in [1.54, 1.807) is 20.2 Å². The topological polar surface area (TPSA) is 66.0 Å². The number of carbonyl (C=O) groups excluding carboxylic acids is 2. The molecule has 0 aliphatic carbocycles. The maximum atomic E-state index is 14.1. The molecule has 0 bridgehead atoms. The third kappa shape index (κ3) is 7.57. The number of alkyl halides is 3. The van der Waals surface area contributed by atoms with Crippen LogP contribution in [0.1, 0.15) is 53.9 Å². The molecule has 0 spiro atoms. The Labute approximate surface area is 248 Å². The number of anilines is 1. The number of ether oxygens (including phenoxy) is 1. The third-order valence-corrected chi connectivity index (χ3v) is 8.55. The van der Waals surface area contributed by atoms with E-state index >= 15 is 0 Å². The Balaban J connectivity index is 1.30. The van der Waals surface area contributed by atoms with Crippen LogP contribution in [0.15, 0.2) is 30.3 Å². The molecule has 0 radical (unpaired) electrons. The van der Waals surface area contributed by atoms with Gasteiger partial charge in [-0.3, -0.25) is 9.59 Å². The predicted octanol–water partition coefficient (Wildman–Crippen LogP) is 6.29. The van der Waals surface area contributed by atoms with Gasteiger partial charge in [0.05, 0.1) is 12.7 Å². The zero-order valence-electron chi connectivity index (χ0n) is 23.4. The Morgan fingerprint density at radius 1 is 1.02 bits per heavy atom. The summed E-state index contributed by atoms with van der Waals surface area (Å²) in [4.78, 5) is 34.8. The number of halogens is 5. The summed E-state index contributed by atoms with van der Waals surface area (Å²) in [6.07, 6.45) is -0.498. The molecule has 2 aromatic rings. The van der Waals surface area contributed by atoms with Crippen molar-refractivity contribution in [3.05, 3.63) is 51.6 Å². The van der Waals surface area contributed by atoms with Crippen LogP contribution in [0, 0.1) is 11.8 Å². The molecule has 1 aromatic carbocycles. The van der Waals surface area contributed by atoms with Gasteiger partial charge in [0, 0.05) is 45.3 Å². The van der Waals surface area contributed by atoms with Crippen LogP contribution in [-0.4, -0.2) is 80.2 Å². The number of carbonyl (C=O) groups is 2. The molecule has 3 heterocycles. The molecule has 2 amide bonds. The van der Waals surface area contributed by atoms with Crippen LogP contribution in [0.25, 0.3) is 0 Å². The molecule has 12 heteroatoms. The van der Waals surface area contributed by atoms with Gasteiger partial charge in [-0.15, -0.1) is 0 Å². The molecule has 1 aromatic heterocycles. The minimum atomic E-state index is -4.75. The smallest absolute Gasteiger partial charge is 0.404 e. The summed E-state index contributed by atoms with van der Waals surface area (Å²) in [6, 6.07) is 7.35. The number of likely N-dealkylation sites (tertiary alicyclic amines) is 1. The van der Waals surface area contributed by atoms with E-state index in [1.165, 1.54) is 35.1 Å². The Bertz CT molecular complexity index is 1240. The standard InChI is InChI=1S/C29H35Cl2F3N4O3/c1-36(2)27(39)23-4-5-24(35-26(23)31)37-10-6-18(7-11-37)14-19-8-12-38(13-9-19)28(40)25(29(32,33)34)20-15-21(30)17-22(16-20)41-3/h4-5,15-19,25H,6-14H2,1-3H3/t25-/m1/s1. The molecule has 4 rings (SSSR count). The minimum Gasteiger partial charge on any atom is -0.497 e. The fraction of sp³-hybridized carbons (Fsp3) is 0.552. The van der Waals surface area contributed by atoms with Gasteiger partial charge in [0.2, 0.25) is 5.91 Å². The lowest BCUT2D eigenvalue weighted by Crippen LogP contribution is -2.45. The van der Waals surface area contributed by atoms with Crippen LogP contribution >= 0.6 is 23.2 Å². The fourth-order valence-corrected chi connectivity index (χ4v) is 6.25. The van der Waals surface area contributed by atoms with Gasteiger partial charge in [0.25, 0.3) is 5.91 Å². The zero-order chi connectivity index (χ0) is 29.9. The van der Waals surface area contributed by atoms with E-state index in [9.17, 15) is 22.8 Å². The first-order valence-corrected chi connectivity index (χ1v) is 14.5. The molecule has 2 aliphatic rings. The molecule has 0 saturated carbocycles. The summed E-state index contributed by atoms with van der Waals surface area (Å²) >= 11 is 12.3. The monoisotopic (exact) mass is 614 g/mol. The van der Waals surface area contributed by atoms with E-state index < -0.39 is 18.0 Å². The number of nitrogens with zero attached hydrogens (tertiary/aromatic N) is 4. The van der Waals surface area contributed by atoms with E-state index in [1.807, 2.05) is 6.07 Å². The van der Waals surface area contributed by atoms with Gasteiger partial charge in [-0.05, 0) is 79.8 Å². The highest BCUT2D eigenvalue weighted by Gasteiger charge is 2.48. The van der Waals surface area contributed by atoms with Crippen molar-refractivity contribution in [3.63, 3.8) is 0 Å². The summed E-state index contributed by atoms with van der Waals surface area (Å²) in [5, 5.41) is 0.272. The van der Waals surface area contributed by atoms with Gasteiger partial charge < -0.3 is 19.4 Å². The SMILES string of the molecule is COc1cc(Cl)cc([C@H](C(=O)N2CCC(CC3CCN(c4ccc(C(=O)N(C)C)c(Cl)n4)CC3)CC2)C(F)(F)F)c1. The summed E-state index contributed by atoms with van der Waals surface area (Å²) in [5.74, 6) is -1.66. The lowest BCUT2D eigenvalue weighted by atomic mass is 9.82. The van der Waals surface area contributed by atoms with Crippen molar-refractivity contribution in [1.82, 2.24) is 14.8 Å². The van der Waals surface area contributed by atoms with E-state index in [0.717, 1.165) is 38.2 Å². The first-order valence-electron chi connectivity index (χ1n) is 13.7. The number of hydrogen-bond donors (Lipinski definition) is 0. The van der Waals surface area contributed by atoms with Crippen LogP contribution in [0.5, 0.6) is 5.75 Å². The van der Waals surface area contributed by atoms with Crippen molar-refractivity contribution >= 4 is 40.8 Å². The number of pyridine rings is 1. The van der Waals surface area contributed by atoms with Crippen molar-refractivity contribution in [3.8, 4) is 5.75 Å². The highest BCUT2D eigenvalue weighted by Crippen LogP contribution is 2.40. The summed E-state index contributed by atoms with van der Waals surface area (Å²) in [6.45, 7) is 2.21. The number of hydrogen-bond acceptors (Lipinski definition) is 5. The van der Waals surface area contributed by atoms with E-state index in [-0.39, 0.29) is 27.4 Å². The zero-order valence-corrected chi connectivity index (χ0v) is 24.9. The maximum Gasteiger partial charge on any atom is 0.404 e. The molecule has 41 heavy (non-hydrogen) atoms. The van der Waals surface area contributed by atoms with Gasteiger partial charge in [-0.2, -0.15) is 13.2 Å². The second-order valence-electron chi connectivity index (χ2n) is 11.0.